The highest BCUT2D eigenvalue weighted by molar-refractivity contribution is 7.99. The van der Waals surface area contributed by atoms with Gasteiger partial charge in [0, 0.05) is 33.8 Å². The minimum atomic E-state index is -0.0599. The molecule has 128 valence electrons. The number of benzene rings is 1. The molecule has 0 fully saturated rings. The molecule has 1 aromatic carbocycles. The average molecular weight is 391 g/mol. The molecule has 2 aromatic heterocycles. The number of thiazole rings is 1. The van der Waals surface area contributed by atoms with Crippen LogP contribution >= 0.6 is 34.7 Å². The molecule has 0 aliphatic heterocycles. The SMILES string of the molecule is Cc1cc(SCCC(=O)Nc2nc(-c3ccc(Cl)cc3)cs2)ncn1. The van der Waals surface area contributed by atoms with Crippen LogP contribution in [0.2, 0.25) is 5.02 Å². The van der Waals surface area contributed by atoms with Crippen molar-refractivity contribution in [3.63, 3.8) is 0 Å². The summed E-state index contributed by atoms with van der Waals surface area (Å²) in [6.07, 6.45) is 1.93. The fourth-order valence-corrected chi connectivity index (χ4v) is 3.76. The minimum Gasteiger partial charge on any atom is -0.302 e. The first kappa shape index (κ1) is 17.8. The first-order chi connectivity index (χ1) is 12.1. The molecular weight excluding hydrogens is 376 g/mol. The summed E-state index contributed by atoms with van der Waals surface area (Å²) in [6.45, 7) is 1.92. The number of hydrogen-bond acceptors (Lipinski definition) is 6. The highest BCUT2D eigenvalue weighted by Gasteiger charge is 2.08. The van der Waals surface area contributed by atoms with Crippen LogP contribution in [0.5, 0.6) is 0 Å². The van der Waals surface area contributed by atoms with Gasteiger partial charge in [-0.15, -0.1) is 23.1 Å². The number of aryl methyl sites for hydroxylation is 1. The van der Waals surface area contributed by atoms with Crippen molar-refractivity contribution in [3.05, 3.63) is 52.8 Å². The number of nitrogens with zero attached hydrogens (tertiary/aromatic N) is 3. The molecule has 0 aliphatic carbocycles. The fourth-order valence-electron chi connectivity index (χ4n) is 2.02. The molecule has 0 aliphatic rings. The van der Waals surface area contributed by atoms with Crippen LogP contribution in [-0.2, 0) is 4.79 Å². The van der Waals surface area contributed by atoms with Gasteiger partial charge in [-0.3, -0.25) is 4.79 Å². The zero-order valence-corrected chi connectivity index (χ0v) is 15.8. The first-order valence-corrected chi connectivity index (χ1v) is 9.77. The molecule has 0 unspecified atom stereocenters. The van der Waals surface area contributed by atoms with E-state index in [4.69, 9.17) is 11.6 Å². The van der Waals surface area contributed by atoms with Crippen molar-refractivity contribution in [2.75, 3.05) is 11.1 Å². The van der Waals surface area contributed by atoms with E-state index < -0.39 is 0 Å². The summed E-state index contributed by atoms with van der Waals surface area (Å²) in [4.78, 5) is 24.7. The van der Waals surface area contributed by atoms with Gasteiger partial charge in [0.05, 0.1) is 10.7 Å². The number of thioether (sulfide) groups is 1. The standard InChI is InChI=1S/C17H15ClN4OS2/c1-11-8-16(20-10-19-11)24-7-6-15(23)22-17-21-14(9-25-17)12-2-4-13(18)5-3-12/h2-5,8-10H,6-7H2,1H3,(H,21,22,23). The second kappa shape index (κ2) is 8.42. The number of anilines is 1. The van der Waals surface area contributed by atoms with Crippen LogP contribution < -0.4 is 5.32 Å². The monoisotopic (exact) mass is 390 g/mol. The summed E-state index contributed by atoms with van der Waals surface area (Å²) < 4.78 is 0. The number of carbonyl (C=O) groups is 1. The molecule has 1 amide bonds. The summed E-state index contributed by atoms with van der Waals surface area (Å²) >= 11 is 8.83. The lowest BCUT2D eigenvalue weighted by Gasteiger charge is -2.02. The van der Waals surface area contributed by atoms with Crippen LogP contribution in [0.1, 0.15) is 12.1 Å². The molecule has 0 spiro atoms. The van der Waals surface area contributed by atoms with E-state index >= 15 is 0 Å². The smallest absolute Gasteiger partial charge is 0.226 e. The Labute approximate surface area is 158 Å². The number of carbonyl (C=O) groups excluding carboxylic acids is 1. The number of halogens is 1. The normalized spacial score (nSPS) is 10.6. The van der Waals surface area contributed by atoms with Crippen molar-refractivity contribution in [1.82, 2.24) is 15.0 Å². The molecule has 0 radical (unpaired) electrons. The molecular formula is C17H15ClN4OS2. The van der Waals surface area contributed by atoms with Gasteiger partial charge in [0.15, 0.2) is 5.13 Å². The van der Waals surface area contributed by atoms with Gasteiger partial charge in [-0.05, 0) is 25.1 Å². The maximum atomic E-state index is 12.1. The van der Waals surface area contributed by atoms with Crippen LogP contribution in [0.3, 0.4) is 0 Å². The Kier molecular flexibility index (Phi) is 6.01. The lowest BCUT2D eigenvalue weighted by atomic mass is 10.2. The van der Waals surface area contributed by atoms with Crippen molar-refractivity contribution in [2.24, 2.45) is 0 Å². The predicted molar refractivity (Wildman–Crippen MR) is 103 cm³/mol. The van der Waals surface area contributed by atoms with Crippen molar-refractivity contribution < 1.29 is 4.79 Å². The van der Waals surface area contributed by atoms with Gasteiger partial charge in [0.2, 0.25) is 5.91 Å². The van der Waals surface area contributed by atoms with Crippen LogP contribution in [-0.4, -0.2) is 26.6 Å². The molecule has 0 saturated carbocycles. The van der Waals surface area contributed by atoms with E-state index in [1.54, 1.807) is 0 Å². The summed E-state index contributed by atoms with van der Waals surface area (Å²) in [5.41, 5.74) is 2.71. The fraction of sp³-hybridized carbons (Fsp3) is 0.176. The first-order valence-electron chi connectivity index (χ1n) is 7.53. The van der Waals surface area contributed by atoms with Crippen molar-refractivity contribution in [2.45, 2.75) is 18.4 Å². The molecule has 0 bridgehead atoms. The predicted octanol–water partition coefficient (Wildman–Crippen LogP) is 4.68. The molecule has 3 aromatic rings. The largest absolute Gasteiger partial charge is 0.302 e. The average Bonchev–Trinajstić information content (AvgIpc) is 3.04. The Morgan fingerprint density at radius 2 is 2.08 bits per heavy atom. The van der Waals surface area contributed by atoms with E-state index in [1.807, 2.05) is 42.6 Å². The van der Waals surface area contributed by atoms with E-state index in [-0.39, 0.29) is 5.91 Å². The molecule has 0 saturated heterocycles. The third-order valence-corrected chi connectivity index (χ3v) is 5.19. The maximum Gasteiger partial charge on any atom is 0.226 e. The number of nitrogens with one attached hydrogen (secondary N) is 1. The van der Waals surface area contributed by atoms with Crippen LogP contribution in [0.15, 0.2) is 47.1 Å². The zero-order chi connectivity index (χ0) is 17.6. The van der Waals surface area contributed by atoms with Gasteiger partial charge < -0.3 is 5.32 Å². The Hall–Kier alpha value is -1.96. The number of amides is 1. The van der Waals surface area contributed by atoms with Gasteiger partial charge in [-0.25, -0.2) is 15.0 Å². The molecule has 8 heteroatoms. The molecule has 25 heavy (non-hydrogen) atoms. The summed E-state index contributed by atoms with van der Waals surface area (Å²) in [6, 6.07) is 9.36. The molecule has 0 atom stereocenters. The topological polar surface area (TPSA) is 67.8 Å². The summed E-state index contributed by atoms with van der Waals surface area (Å²) in [5, 5.41) is 6.91. The maximum absolute atomic E-state index is 12.1. The van der Waals surface area contributed by atoms with Crippen LogP contribution in [0.25, 0.3) is 11.3 Å². The van der Waals surface area contributed by atoms with E-state index in [0.29, 0.717) is 22.3 Å². The van der Waals surface area contributed by atoms with Gasteiger partial charge in [0.25, 0.3) is 0 Å². The second-order valence-electron chi connectivity index (χ2n) is 5.19. The highest BCUT2D eigenvalue weighted by atomic mass is 35.5. The number of hydrogen-bond donors (Lipinski definition) is 1. The van der Waals surface area contributed by atoms with Crippen LogP contribution in [0.4, 0.5) is 5.13 Å². The van der Waals surface area contributed by atoms with Gasteiger partial charge in [-0.1, -0.05) is 23.7 Å². The Bertz CT molecular complexity index is 867. The van der Waals surface area contributed by atoms with E-state index in [2.05, 4.69) is 20.3 Å². The van der Waals surface area contributed by atoms with Crippen molar-refractivity contribution in [1.29, 1.82) is 0 Å². The Morgan fingerprint density at radius 1 is 1.28 bits per heavy atom. The summed E-state index contributed by atoms with van der Waals surface area (Å²) in [7, 11) is 0. The van der Waals surface area contributed by atoms with Crippen molar-refractivity contribution in [3.8, 4) is 11.3 Å². The van der Waals surface area contributed by atoms with E-state index in [9.17, 15) is 4.79 Å². The van der Waals surface area contributed by atoms with Crippen molar-refractivity contribution >= 4 is 45.7 Å². The van der Waals surface area contributed by atoms with Gasteiger partial charge in [0.1, 0.15) is 6.33 Å². The van der Waals surface area contributed by atoms with Gasteiger partial charge >= 0.3 is 0 Å². The number of aromatic nitrogens is 3. The molecule has 1 N–H and O–H groups in total. The minimum absolute atomic E-state index is 0.0599. The number of rotatable bonds is 6. The lowest BCUT2D eigenvalue weighted by molar-refractivity contribution is -0.115. The van der Waals surface area contributed by atoms with Gasteiger partial charge in [-0.2, -0.15) is 0 Å². The molecule has 5 nitrogen and oxygen atoms in total. The van der Waals surface area contributed by atoms with E-state index in [1.165, 1.54) is 29.4 Å². The van der Waals surface area contributed by atoms with Crippen LogP contribution in [0, 0.1) is 6.92 Å². The second-order valence-corrected chi connectivity index (χ2v) is 7.60. The third-order valence-electron chi connectivity index (χ3n) is 3.25. The molecule has 3 rings (SSSR count). The highest BCUT2D eigenvalue weighted by Crippen LogP contribution is 2.26. The third kappa shape index (κ3) is 5.26. The summed E-state index contributed by atoms with van der Waals surface area (Å²) in [5.74, 6) is 0.591. The molecule has 2 heterocycles. The zero-order valence-electron chi connectivity index (χ0n) is 13.4. The Balaban J connectivity index is 1.50. The Morgan fingerprint density at radius 3 is 2.84 bits per heavy atom. The van der Waals surface area contributed by atoms with E-state index in [0.717, 1.165) is 22.0 Å². The quantitative estimate of drug-likeness (QED) is 0.488. The lowest BCUT2D eigenvalue weighted by Crippen LogP contribution is -2.12.